The van der Waals surface area contributed by atoms with Crippen molar-refractivity contribution in [1.29, 1.82) is 10.5 Å². The number of hydrogen-bond donors (Lipinski definition) is 0. The molecule has 5 heterocycles. The molecule has 1 unspecified atom stereocenters. The van der Waals surface area contributed by atoms with E-state index in [2.05, 4.69) is 32.7 Å². The molecule has 1 saturated heterocycles. The Morgan fingerprint density at radius 2 is 2.03 bits per heavy atom. The van der Waals surface area contributed by atoms with Crippen molar-refractivity contribution in [2.45, 2.75) is 31.9 Å². The standard InChI is InChI=1S/C25H24FN9O2/c1-16-24(31-32-35(16)20-5-7-33(15-28)8-6-20)17-9-22(25-18(10-27)11-30-34(25)13-17)37-23(14-36-2)21-4-3-19(26)12-29-21/h3-4,9,11-13,20,23H,5-8,14H2,1-2H3. The predicted molar refractivity (Wildman–Crippen MR) is 129 cm³/mol. The Balaban J connectivity index is 1.53. The second kappa shape index (κ2) is 10.2. The SMILES string of the molecule is COCC(Oc1cc(-c2nnn(C3CCN(C#N)CC3)c2C)cn2ncc(C#N)c12)c1ccc(F)cn1. The lowest BCUT2D eigenvalue weighted by molar-refractivity contribution is 0.0791. The summed E-state index contributed by atoms with van der Waals surface area (Å²) in [6.07, 6.45) is 7.52. The third-order valence-corrected chi connectivity index (χ3v) is 6.52. The van der Waals surface area contributed by atoms with Crippen LogP contribution in [0.25, 0.3) is 16.8 Å². The Morgan fingerprint density at radius 1 is 1.22 bits per heavy atom. The maximum Gasteiger partial charge on any atom is 0.179 e. The van der Waals surface area contributed by atoms with Crippen LogP contribution in [0.3, 0.4) is 0 Å². The average molecular weight is 502 g/mol. The number of piperidine rings is 1. The number of pyridine rings is 2. The number of rotatable bonds is 7. The van der Waals surface area contributed by atoms with Crippen LogP contribution in [0, 0.1) is 35.5 Å². The third-order valence-electron chi connectivity index (χ3n) is 6.52. The number of methoxy groups -OCH3 is 1. The zero-order valence-corrected chi connectivity index (χ0v) is 20.4. The first kappa shape index (κ1) is 24.2. The monoisotopic (exact) mass is 501 g/mol. The largest absolute Gasteiger partial charge is 0.479 e. The molecule has 11 nitrogen and oxygen atoms in total. The number of fused-ring (bicyclic) bond motifs is 1. The Hall–Kier alpha value is -4.55. The van der Waals surface area contributed by atoms with E-state index in [0.29, 0.717) is 46.9 Å². The van der Waals surface area contributed by atoms with Crippen LogP contribution < -0.4 is 4.74 Å². The van der Waals surface area contributed by atoms with Crippen molar-refractivity contribution >= 4 is 5.52 Å². The molecule has 5 rings (SSSR count). The van der Waals surface area contributed by atoms with Gasteiger partial charge in [0.05, 0.1) is 36.4 Å². The van der Waals surface area contributed by atoms with Crippen LogP contribution in [0.1, 0.15) is 41.9 Å². The van der Waals surface area contributed by atoms with Gasteiger partial charge in [0.15, 0.2) is 12.3 Å². The lowest BCUT2D eigenvalue weighted by Crippen LogP contribution is -2.31. The van der Waals surface area contributed by atoms with Crippen LogP contribution in [0.5, 0.6) is 5.75 Å². The first-order valence-corrected chi connectivity index (χ1v) is 11.8. The summed E-state index contributed by atoms with van der Waals surface area (Å²) >= 11 is 0. The lowest BCUT2D eigenvalue weighted by Gasteiger charge is -2.28. The molecular formula is C25H24FN9O2. The normalized spacial score (nSPS) is 14.9. The van der Waals surface area contributed by atoms with Crippen molar-refractivity contribution in [3.8, 4) is 29.3 Å². The zero-order chi connectivity index (χ0) is 25.9. The maximum atomic E-state index is 13.5. The topological polar surface area (TPSA) is 130 Å². The highest BCUT2D eigenvalue weighted by Crippen LogP contribution is 2.34. The second-order valence-corrected chi connectivity index (χ2v) is 8.81. The van der Waals surface area contributed by atoms with Crippen LogP contribution in [0.4, 0.5) is 4.39 Å². The van der Waals surface area contributed by atoms with Gasteiger partial charge in [0.1, 0.15) is 34.4 Å². The van der Waals surface area contributed by atoms with Crippen molar-refractivity contribution < 1.29 is 13.9 Å². The number of nitriles is 2. The molecule has 0 bridgehead atoms. The molecule has 4 aromatic heterocycles. The van der Waals surface area contributed by atoms with E-state index in [1.54, 1.807) is 21.7 Å². The summed E-state index contributed by atoms with van der Waals surface area (Å²) in [4.78, 5) is 5.90. The van der Waals surface area contributed by atoms with E-state index in [1.807, 2.05) is 11.6 Å². The summed E-state index contributed by atoms with van der Waals surface area (Å²) in [5, 5.41) is 32.0. The predicted octanol–water partition coefficient (Wildman–Crippen LogP) is 3.19. The van der Waals surface area contributed by atoms with Crippen LogP contribution in [0.2, 0.25) is 0 Å². The Morgan fingerprint density at radius 3 is 2.70 bits per heavy atom. The number of nitrogens with zero attached hydrogens (tertiary/aromatic N) is 9. The van der Waals surface area contributed by atoms with Gasteiger partial charge in [0.2, 0.25) is 0 Å². The van der Waals surface area contributed by atoms with Crippen molar-refractivity contribution in [3.63, 3.8) is 0 Å². The maximum absolute atomic E-state index is 13.5. The van der Waals surface area contributed by atoms with E-state index in [4.69, 9.17) is 14.7 Å². The molecule has 1 aliphatic heterocycles. The summed E-state index contributed by atoms with van der Waals surface area (Å²) in [7, 11) is 1.54. The van der Waals surface area contributed by atoms with Gasteiger partial charge in [0, 0.05) is 32.0 Å². The first-order valence-electron chi connectivity index (χ1n) is 11.8. The molecule has 1 aliphatic rings. The fourth-order valence-corrected chi connectivity index (χ4v) is 4.61. The lowest BCUT2D eigenvalue weighted by atomic mass is 10.0. The van der Waals surface area contributed by atoms with E-state index in [0.717, 1.165) is 24.7 Å². The van der Waals surface area contributed by atoms with Gasteiger partial charge in [-0.3, -0.25) is 4.98 Å². The number of ether oxygens (including phenoxy) is 2. The van der Waals surface area contributed by atoms with Crippen LogP contribution >= 0.6 is 0 Å². The van der Waals surface area contributed by atoms with Gasteiger partial charge in [-0.05, 0) is 38.0 Å². The minimum Gasteiger partial charge on any atom is -0.479 e. The van der Waals surface area contributed by atoms with E-state index in [1.165, 1.54) is 25.4 Å². The average Bonchev–Trinajstić information content (AvgIpc) is 3.52. The highest BCUT2D eigenvalue weighted by Gasteiger charge is 2.25. The molecule has 0 amide bonds. The van der Waals surface area contributed by atoms with Crippen LogP contribution in [-0.2, 0) is 4.74 Å². The summed E-state index contributed by atoms with van der Waals surface area (Å²) in [5.41, 5.74) is 3.55. The number of hydrogen-bond acceptors (Lipinski definition) is 9. The van der Waals surface area contributed by atoms with Gasteiger partial charge in [-0.1, -0.05) is 5.21 Å². The van der Waals surface area contributed by atoms with Gasteiger partial charge < -0.3 is 14.4 Å². The minimum atomic E-state index is -0.659. The van der Waals surface area contributed by atoms with E-state index < -0.39 is 11.9 Å². The molecule has 4 aromatic rings. The van der Waals surface area contributed by atoms with E-state index in [9.17, 15) is 9.65 Å². The fraction of sp³-hybridized carbons (Fsp3) is 0.360. The molecule has 0 radical (unpaired) electrons. The smallest absolute Gasteiger partial charge is 0.179 e. The van der Waals surface area contributed by atoms with Gasteiger partial charge in [0.25, 0.3) is 0 Å². The Kier molecular flexibility index (Phi) is 6.66. The van der Waals surface area contributed by atoms with Crippen molar-refractivity contribution in [2.75, 3.05) is 26.8 Å². The van der Waals surface area contributed by atoms with Gasteiger partial charge in [-0.15, -0.1) is 5.10 Å². The number of halogens is 1. The molecule has 37 heavy (non-hydrogen) atoms. The van der Waals surface area contributed by atoms with Crippen LogP contribution in [0.15, 0.2) is 36.8 Å². The molecule has 1 fully saturated rings. The number of likely N-dealkylation sites (tertiary alicyclic amines) is 1. The van der Waals surface area contributed by atoms with Crippen LogP contribution in [-0.4, -0.2) is 61.3 Å². The number of aromatic nitrogens is 6. The van der Waals surface area contributed by atoms with Crippen molar-refractivity contribution in [3.05, 3.63) is 59.6 Å². The molecule has 12 heteroatoms. The Labute approximate surface area is 212 Å². The summed E-state index contributed by atoms with van der Waals surface area (Å²) in [6, 6.07) is 6.94. The molecule has 1 atom stereocenters. The molecule has 0 aliphatic carbocycles. The molecule has 188 valence electrons. The minimum absolute atomic E-state index is 0.149. The Bertz CT molecular complexity index is 1490. The summed E-state index contributed by atoms with van der Waals surface area (Å²) in [5.74, 6) is -0.0697. The molecule has 0 spiro atoms. The first-order chi connectivity index (χ1) is 18.0. The second-order valence-electron chi connectivity index (χ2n) is 8.81. The van der Waals surface area contributed by atoms with Gasteiger partial charge in [-0.25, -0.2) is 13.6 Å². The third kappa shape index (κ3) is 4.67. The molecule has 0 aromatic carbocycles. The molecular weight excluding hydrogens is 477 g/mol. The highest BCUT2D eigenvalue weighted by molar-refractivity contribution is 5.74. The van der Waals surface area contributed by atoms with E-state index >= 15 is 0 Å². The zero-order valence-electron chi connectivity index (χ0n) is 20.4. The quantitative estimate of drug-likeness (QED) is 0.350. The van der Waals surface area contributed by atoms with Gasteiger partial charge in [-0.2, -0.15) is 15.6 Å². The van der Waals surface area contributed by atoms with Crippen molar-refractivity contribution in [2.24, 2.45) is 0 Å². The summed E-state index contributed by atoms with van der Waals surface area (Å²) in [6.45, 7) is 3.48. The molecule has 0 saturated carbocycles. The fourth-order valence-electron chi connectivity index (χ4n) is 4.61. The molecule has 0 N–H and O–H groups in total. The van der Waals surface area contributed by atoms with Crippen molar-refractivity contribution in [1.82, 2.24) is 34.5 Å². The summed E-state index contributed by atoms with van der Waals surface area (Å²) < 4.78 is 28.6. The van der Waals surface area contributed by atoms with E-state index in [-0.39, 0.29) is 12.6 Å². The van der Waals surface area contributed by atoms with Gasteiger partial charge >= 0.3 is 0 Å². The highest BCUT2D eigenvalue weighted by atomic mass is 19.1.